The number of halogens is 2. The van der Waals surface area contributed by atoms with Crippen LogP contribution in [0.25, 0.3) is 0 Å². The number of anilines is 1. The molecule has 0 bridgehead atoms. The Morgan fingerprint density at radius 3 is 2.42 bits per heavy atom. The van der Waals surface area contributed by atoms with Crippen LogP contribution in [0.1, 0.15) is 32.1 Å². The number of nitrogens with zero attached hydrogens (tertiary/aromatic N) is 1. The average molecular weight is 353 g/mol. The molecule has 2 atom stereocenters. The highest BCUT2D eigenvalue weighted by atomic mass is 35.5. The minimum Gasteiger partial charge on any atom is -0.326 e. The first-order chi connectivity index (χ1) is 11.5. The lowest BCUT2D eigenvalue weighted by molar-refractivity contribution is -0.140. The van der Waals surface area contributed by atoms with Gasteiger partial charge in [-0.15, -0.1) is 0 Å². The van der Waals surface area contributed by atoms with Crippen molar-refractivity contribution in [3.8, 4) is 0 Å². The maximum atomic E-state index is 13.1. The van der Waals surface area contributed by atoms with Crippen molar-refractivity contribution in [1.29, 1.82) is 0 Å². The molecule has 7 heteroatoms. The van der Waals surface area contributed by atoms with Gasteiger partial charge in [0.1, 0.15) is 5.82 Å². The molecule has 0 unspecified atom stereocenters. The molecule has 1 saturated heterocycles. The van der Waals surface area contributed by atoms with Gasteiger partial charge in [0, 0.05) is 18.7 Å². The molecular formula is C17H18ClFN2O3. The van der Waals surface area contributed by atoms with Crippen molar-refractivity contribution in [3.05, 3.63) is 29.0 Å². The molecule has 1 aromatic rings. The summed E-state index contributed by atoms with van der Waals surface area (Å²) < 4.78 is 13.1. The molecule has 1 heterocycles. The third-order valence-electron chi connectivity index (χ3n) is 4.70. The number of amides is 3. The number of carbonyl (C=O) groups excluding carboxylic acids is 3. The molecule has 1 saturated carbocycles. The van der Waals surface area contributed by atoms with Crippen molar-refractivity contribution in [1.82, 2.24) is 4.90 Å². The van der Waals surface area contributed by atoms with Gasteiger partial charge in [0.2, 0.25) is 17.7 Å². The minimum atomic E-state index is -0.564. The molecular weight excluding hydrogens is 335 g/mol. The maximum Gasteiger partial charge on any atom is 0.233 e. The van der Waals surface area contributed by atoms with E-state index < -0.39 is 5.82 Å². The Hall–Kier alpha value is -1.95. The molecule has 1 aliphatic carbocycles. The normalized spacial score (nSPS) is 23.3. The first-order valence-corrected chi connectivity index (χ1v) is 8.45. The van der Waals surface area contributed by atoms with Gasteiger partial charge in [0.25, 0.3) is 0 Å². The molecule has 1 N–H and O–H groups in total. The second-order valence-corrected chi connectivity index (χ2v) is 6.66. The van der Waals surface area contributed by atoms with E-state index in [0.717, 1.165) is 31.7 Å². The van der Waals surface area contributed by atoms with Crippen molar-refractivity contribution in [2.75, 3.05) is 11.9 Å². The lowest BCUT2D eigenvalue weighted by Crippen LogP contribution is -2.34. The molecule has 5 nitrogen and oxygen atoms in total. The number of imide groups is 1. The van der Waals surface area contributed by atoms with Crippen LogP contribution in [0.2, 0.25) is 5.02 Å². The van der Waals surface area contributed by atoms with Crippen molar-refractivity contribution in [3.63, 3.8) is 0 Å². The molecule has 3 rings (SSSR count). The van der Waals surface area contributed by atoms with E-state index in [0.29, 0.717) is 5.69 Å². The molecule has 0 spiro atoms. The second-order valence-electron chi connectivity index (χ2n) is 6.25. The van der Waals surface area contributed by atoms with Gasteiger partial charge in [-0.3, -0.25) is 19.3 Å². The highest BCUT2D eigenvalue weighted by molar-refractivity contribution is 6.31. The number of hydrogen-bond acceptors (Lipinski definition) is 3. The summed E-state index contributed by atoms with van der Waals surface area (Å²) in [5, 5.41) is 2.51. The van der Waals surface area contributed by atoms with Gasteiger partial charge in [-0.2, -0.15) is 0 Å². The van der Waals surface area contributed by atoms with E-state index in [-0.39, 0.29) is 47.5 Å². The zero-order valence-electron chi connectivity index (χ0n) is 13.1. The largest absolute Gasteiger partial charge is 0.326 e. The van der Waals surface area contributed by atoms with Gasteiger partial charge in [0.05, 0.1) is 16.9 Å². The Bertz CT molecular complexity index is 670. The maximum absolute atomic E-state index is 13.1. The summed E-state index contributed by atoms with van der Waals surface area (Å²) in [7, 11) is 0. The topological polar surface area (TPSA) is 66.5 Å². The number of fused-ring (bicyclic) bond motifs is 1. The Kier molecular flexibility index (Phi) is 4.85. The predicted octanol–water partition coefficient (Wildman–Crippen LogP) is 2.98. The lowest BCUT2D eigenvalue weighted by Gasteiger charge is -2.19. The van der Waals surface area contributed by atoms with Crippen molar-refractivity contribution < 1.29 is 18.8 Å². The third kappa shape index (κ3) is 3.29. The van der Waals surface area contributed by atoms with Crippen LogP contribution in [0.5, 0.6) is 0 Å². The summed E-state index contributed by atoms with van der Waals surface area (Å²) >= 11 is 5.66. The van der Waals surface area contributed by atoms with Gasteiger partial charge in [-0.25, -0.2) is 4.39 Å². The van der Waals surface area contributed by atoms with Crippen LogP contribution in [0.4, 0.5) is 10.1 Å². The quantitative estimate of drug-likeness (QED) is 0.847. The molecule has 24 heavy (non-hydrogen) atoms. The van der Waals surface area contributed by atoms with Crippen LogP contribution in [0, 0.1) is 17.7 Å². The summed E-state index contributed by atoms with van der Waals surface area (Å²) in [6, 6.07) is 3.88. The van der Waals surface area contributed by atoms with E-state index in [1.807, 2.05) is 0 Å². The molecule has 128 valence electrons. The van der Waals surface area contributed by atoms with Crippen LogP contribution < -0.4 is 5.32 Å². The summed E-state index contributed by atoms with van der Waals surface area (Å²) in [5.41, 5.74) is 0.374. The highest BCUT2D eigenvalue weighted by Crippen LogP contribution is 2.37. The molecule has 2 aliphatic rings. The standard InChI is InChI=1S/C17H18ClFN2O3/c18-13-9-10(5-6-14(13)19)20-15(22)7-8-21-16(23)11-3-1-2-4-12(11)17(21)24/h5-6,9,11-12H,1-4,7-8H2,(H,20,22)/t11-,12-/m1/s1. The highest BCUT2D eigenvalue weighted by Gasteiger charge is 2.47. The Morgan fingerprint density at radius 2 is 1.83 bits per heavy atom. The van der Waals surface area contributed by atoms with E-state index in [2.05, 4.69) is 5.32 Å². The van der Waals surface area contributed by atoms with Gasteiger partial charge in [-0.05, 0) is 31.0 Å². The zero-order chi connectivity index (χ0) is 17.3. The fourth-order valence-corrected chi connectivity index (χ4v) is 3.64. The predicted molar refractivity (Wildman–Crippen MR) is 86.8 cm³/mol. The zero-order valence-corrected chi connectivity index (χ0v) is 13.8. The van der Waals surface area contributed by atoms with Crippen molar-refractivity contribution in [2.45, 2.75) is 32.1 Å². The van der Waals surface area contributed by atoms with Crippen LogP contribution in [-0.2, 0) is 14.4 Å². The van der Waals surface area contributed by atoms with Crippen LogP contribution in [0.15, 0.2) is 18.2 Å². The number of benzene rings is 1. The summed E-state index contributed by atoms with van der Waals surface area (Å²) in [6.07, 6.45) is 3.46. The Labute approximate surface area is 144 Å². The van der Waals surface area contributed by atoms with Gasteiger partial charge in [0.15, 0.2) is 0 Å². The Morgan fingerprint density at radius 1 is 1.21 bits per heavy atom. The fourth-order valence-electron chi connectivity index (χ4n) is 3.46. The van der Waals surface area contributed by atoms with Gasteiger partial charge in [-0.1, -0.05) is 24.4 Å². The van der Waals surface area contributed by atoms with Gasteiger partial charge >= 0.3 is 0 Å². The van der Waals surface area contributed by atoms with Crippen molar-refractivity contribution in [2.24, 2.45) is 11.8 Å². The molecule has 0 aromatic heterocycles. The monoisotopic (exact) mass is 352 g/mol. The molecule has 1 aromatic carbocycles. The van der Waals surface area contributed by atoms with E-state index >= 15 is 0 Å². The third-order valence-corrected chi connectivity index (χ3v) is 4.99. The van der Waals surface area contributed by atoms with Crippen LogP contribution in [-0.4, -0.2) is 29.2 Å². The summed E-state index contributed by atoms with van der Waals surface area (Å²) in [5.74, 6) is -1.63. The number of carbonyl (C=O) groups is 3. The SMILES string of the molecule is O=C(CCN1C(=O)[C@@H]2CCCC[C@H]2C1=O)Nc1ccc(F)c(Cl)c1. The van der Waals surface area contributed by atoms with E-state index in [4.69, 9.17) is 11.6 Å². The molecule has 2 fully saturated rings. The molecule has 3 amide bonds. The van der Waals surface area contributed by atoms with Crippen molar-refractivity contribution >= 4 is 35.0 Å². The first kappa shape index (κ1) is 16.9. The van der Waals surface area contributed by atoms with Gasteiger partial charge < -0.3 is 5.32 Å². The van der Waals surface area contributed by atoms with E-state index in [9.17, 15) is 18.8 Å². The summed E-state index contributed by atoms with van der Waals surface area (Å²) in [6.45, 7) is 0.0748. The summed E-state index contributed by atoms with van der Waals surface area (Å²) in [4.78, 5) is 37.9. The van der Waals surface area contributed by atoms with E-state index in [1.165, 1.54) is 17.0 Å². The minimum absolute atomic E-state index is 0.00587. The number of likely N-dealkylation sites (tertiary alicyclic amines) is 1. The Balaban J connectivity index is 1.57. The lowest BCUT2D eigenvalue weighted by atomic mass is 9.81. The molecule has 1 aliphatic heterocycles. The van der Waals surface area contributed by atoms with Crippen LogP contribution >= 0.6 is 11.6 Å². The van der Waals surface area contributed by atoms with E-state index in [1.54, 1.807) is 0 Å². The fraction of sp³-hybridized carbons (Fsp3) is 0.471. The molecule has 0 radical (unpaired) electrons. The second kappa shape index (κ2) is 6.89. The smallest absolute Gasteiger partial charge is 0.233 e. The van der Waals surface area contributed by atoms with Crippen LogP contribution in [0.3, 0.4) is 0 Å². The number of nitrogens with one attached hydrogen (secondary N) is 1. The first-order valence-electron chi connectivity index (χ1n) is 8.07. The average Bonchev–Trinajstić information content (AvgIpc) is 2.81. The number of hydrogen-bond donors (Lipinski definition) is 1. The number of rotatable bonds is 4.